The van der Waals surface area contributed by atoms with Crippen molar-refractivity contribution in [3.8, 4) is 5.75 Å². The van der Waals surface area contributed by atoms with Gasteiger partial charge in [0.25, 0.3) is 5.91 Å². The Morgan fingerprint density at radius 1 is 1.18 bits per heavy atom. The second-order valence-corrected chi connectivity index (χ2v) is 10.2. The van der Waals surface area contributed by atoms with E-state index in [1.165, 1.54) is 39.4 Å². The molecule has 10 nitrogen and oxygen atoms in total. The van der Waals surface area contributed by atoms with Gasteiger partial charge in [0.15, 0.2) is 0 Å². The minimum Gasteiger partial charge on any atom is -0.497 e. The number of ether oxygens (including phenoxy) is 1. The number of carbonyl (C=O) groups excluding carboxylic acids is 3. The molecule has 0 aromatic heterocycles. The van der Waals surface area contributed by atoms with Gasteiger partial charge in [0, 0.05) is 14.1 Å². The van der Waals surface area contributed by atoms with E-state index < -0.39 is 40.0 Å². The summed E-state index contributed by atoms with van der Waals surface area (Å²) in [6.07, 6.45) is 0. The first-order valence-corrected chi connectivity index (χ1v) is 11.5. The van der Waals surface area contributed by atoms with Crippen LogP contribution >= 0.6 is 11.6 Å². The molecule has 4 amide bonds. The number of anilines is 1. The molecule has 1 aliphatic heterocycles. The van der Waals surface area contributed by atoms with Crippen LogP contribution in [0.25, 0.3) is 0 Å². The van der Waals surface area contributed by atoms with Gasteiger partial charge in [0.05, 0.1) is 22.7 Å². The molecule has 176 valence electrons. The molecule has 0 bridgehead atoms. The number of urea groups is 1. The van der Waals surface area contributed by atoms with E-state index >= 15 is 0 Å². The number of amides is 4. The summed E-state index contributed by atoms with van der Waals surface area (Å²) in [5, 5.41) is 5.18. The number of hydrogen-bond donors (Lipinski definition) is 2. The maximum atomic E-state index is 13.0. The van der Waals surface area contributed by atoms with Gasteiger partial charge in [-0.1, -0.05) is 23.7 Å². The third-order valence-electron chi connectivity index (χ3n) is 5.23. The Kier molecular flexibility index (Phi) is 6.68. The van der Waals surface area contributed by atoms with Gasteiger partial charge in [0.2, 0.25) is 15.9 Å². The molecule has 2 aromatic carbocycles. The SMILES string of the molecule is COc1ccc([C@@]2(C)NC(=O)N(CC(=O)Nc3cc(S(=O)(=O)N(C)C)ccc3Cl)C2=O)cc1. The summed E-state index contributed by atoms with van der Waals surface area (Å²) in [5.74, 6) is -0.743. The minimum absolute atomic E-state index is 0.0366. The van der Waals surface area contributed by atoms with Gasteiger partial charge in [-0.25, -0.2) is 17.5 Å². The third kappa shape index (κ3) is 4.65. The van der Waals surface area contributed by atoms with Gasteiger partial charge < -0.3 is 15.4 Å². The van der Waals surface area contributed by atoms with Crippen LogP contribution in [0.15, 0.2) is 47.4 Å². The van der Waals surface area contributed by atoms with E-state index in [0.717, 1.165) is 9.21 Å². The number of sulfonamides is 1. The van der Waals surface area contributed by atoms with Crippen molar-refractivity contribution in [2.24, 2.45) is 0 Å². The van der Waals surface area contributed by atoms with E-state index in [2.05, 4.69) is 10.6 Å². The summed E-state index contributed by atoms with van der Waals surface area (Å²) in [4.78, 5) is 38.8. The Balaban J connectivity index is 1.78. The van der Waals surface area contributed by atoms with Crippen LogP contribution in [0, 0.1) is 0 Å². The fourth-order valence-corrected chi connectivity index (χ4v) is 4.36. The Morgan fingerprint density at radius 3 is 2.39 bits per heavy atom. The van der Waals surface area contributed by atoms with Crippen LogP contribution in [0.2, 0.25) is 5.02 Å². The van der Waals surface area contributed by atoms with Crippen molar-refractivity contribution < 1.29 is 27.5 Å². The van der Waals surface area contributed by atoms with Crippen molar-refractivity contribution in [3.05, 3.63) is 53.1 Å². The molecule has 0 spiro atoms. The summed E-state index contributed by atoms with van der Waals surface area (Å²) < 4.78 is 30.8. The molecule has 1 heterocycles. The monoisotopic (exact) mass is 494 g/mol. The van der Waals surface area contributed by atoms with Crippen molar-refractivity contribution in [1.82, 2.24) is 14.5 Å². The first-order valence-electron chi connectivity index (χ1n) is 9.70. The molecule has 0 saturated carbocycles. The zero-order valence-corrected chi connectivity index (χ0v) is 20.0. The number of imide groups is 1. The number of nitrogens with zero attached hydrogens (tertiary/aromatic N) is 2. The lowest BCUT2D eigenvalue weighted by Gasteiger charge is -2.22. The smallest absolute Gasteiger partial charge is 0.325 e. The van der Waals surface area contributed by atoms with Gasteiger partial charge in [-0.3, -0.25) is 14.5 Å². The van der Waals surface area contributed by atoms with Crippen LogP contribution in [0.1, 0.15) is 12.5 Å². The molecule has 1 aliphatic rings. The second kappa shape index (κ2) is 9.00. The van der Waals surface area contributed by atoms with E-state index in [1.807, 2.05) is 0 Å². The van der Waals surface area contributed by atoms with Gasteiger partial charge in [-0.2, -0.15) is 0 Å². The lowest BCUT2D eigenvalue weighted by atomic mass is 9.92. The molecule has 1 fully saturated rings. The minimum atomic E-state index is -3.76. The molecule has 1 atom stereocenters. The average Bonchev–Trinajstić information content (AvgIpc) is 2.99. The van der Waals surface area contributed by atoms with Gasteiger partial charge >= 0.3 is 6.03 Å². The molecule has 0 radical (unpaired) electrons. The zero-order chi connectivity index (χ0) is 24.6. The van der Waals surface area contributed by atoms with Crippen molar-refractivity contribution in [2.75, 3.05) is 33.1 Å². The summed E-state index contributed by atoms with van der Waals surface area (Å²) >= 11 is 6.10. The normalized spacial score (nSPS) is 18.4. The lowest BCUT2D eigenvalue weighted by Crippen LogP contribution is -2.42. The molecule has 3 rings (SSSR count). The molecule has 1 saturated heterocycles. The third-order valence-corrected chi connectivity index (χ3v) is 7.38. The van der Waals surface area contributed by atoms with Gasteiger partial charge in [-0.05, 0) is 42.8 Å². The van der Waals surface area contributed by atoms with Crippen molar-refractivity contribution in [2.45, 2.75) is 17.4 Å². The largest absolute Gasteiger partial charge is 0.497 e. The first kappa shape index (κ1) is 24.5. The number of methoxy groups -OCH3 is 1. The second-order valence-electron chi connectivity index (χ2n) is 7.65. The van der Waals surface area contributed by atoms with E-state index in [-0.39, 0.29) is 15.6 Å². The lowest BCUT2D eigenvalue weighted by molar-refractivity contribution is -0.133. The quantitative estimate of drug-likeness (QED) is 0.567. The predicted molar refractivity (Wildman–Crippen MR) is 122 cm³/mol. The highest BCUT2D eigenvalue weighted by atomic mass is 35.5. The number of nitrogens with one attached hydrogen (secondary N) is 2. The number of benzene rings is 2. The molecular formula is C21H23ClN4O6S. The molecule has 2 N–H and O–H groups in total. The maximum absolute atomic E-state index is 13.0. The Labute approximate surface area is 196 Å². The summed E-state index contributed by atoms with van der Waals surface area (Å²) in [7, 11) is 0.503. The summed E-state index contributed by atoms with van der Waals surface area (Å²) in [6, 6.07) is 9.74. The number of hydrogen-bond acceptors (Lipinski definition) is 6. The van der Waals surface area contributed by atoms with E-state index in [4.69, 9.17) is 16.3 Å². The highest BCUT2D eigenvalue weighted by Crippen LogP contribution is 2.30. The predicted octanol–water partition coefficient (Wildman–Crippen LogP) is 2.00. The molecule has 0 aliphatic carbocycles. The highest BCUT2D eigenvalue weighted by molar-refractivity contribution is 7.89. The fraction of sp³-hybridized carbons (Fsp3) is 0.286. The topological polar surface area (TPSA) is 125 Å². The first-order chi connectivity index (χ1) is 15.4. The molecular weight excluding hydrogens is 472 g/mol. The standard InChI is InChI=1S/C21H23ClN4O6S/c1-21(13-5-7-14(32-4)8-6-13)19(28)26(20(29)24-21)12-18(27)23-17-11-15(9-10-16(17)22)33(30,31)25(2)3/h5-11H,12H2,1-4H3,(H,23,27)(H,24,29)/t21-/m1/s1. The summed E-state index contributed by atoms with van der Waals surface area (Å²) in [6.45, 7) is 0.955. The molecule has 12 heteroatoms. The highest BCUT2D eigenvalue weighted by Gasteiger charge is 2.49. The Morgan fingerprint density at radius 2 is 1.82 bits per heavy atom. The van der Waals surface area contributed by atoms with Crippen molar-refractivity contribution in [1.29, 1.82) is 0 Å². The fourth-order valence-electron chi connectivity index (χ4n) is 3.27. The van der Waals surface area contributed by atoms with Crippen molar-refractivity contribution in [3.63, 3.8) is 0 Å². The average molecular weight is 495 g/mol. The van der Waals surface area contributed by atoms with Crippen LogP contribution in [0.3, 0.4) is 0 Å². The Bertz CT molecular complexity index is 1220. The van der Waals surface area contributed by atoms with Crippen molar-refractivity contribution >= 4 is 45.2 Å². The molecule has 2 aromatic rings. The van der Waals surface area contributed by atoms with E-state index in [1.54, 1.807) is 31.2 Å². The Hall–Kier alpha value is -3.15. The molecule has 0 unspecified atom stereocenters. The van der Waals surface area contributed by atoms with Gasteiger partial charge in [-0.15, -0.1) is 0 Å². The summed E-state index contributed by atoms with van der Waals surface area (Å²) in [5.41, 5.74) is -0.801. The maximum Gasteiger partial charge on any atom is 0.325 e. The van der Waals surface area contributed by atoms with Crippen LogP contribution in [-0.2, 0) is 25.2 Å². The molecule has 33 heavy (non-hydrogen) atoms. The number of rotatable bonds is 7. The van der Waals surface area contributed by atoms with Crippen LogP contribution in [0.4, 0.5) is 10.5 Å². The van der Waals surface area contributed by atoms with Gasteiger partial charge in [0.1, 0.15) is 17.8 Å². The number of halogens is 1. The van der Waals surface area contributed by atoms with Crippen LogP contribution in [0.5, 0.6) is 5.75 Å². The zero-order valence-electron chi connectivity index (χ0n) is 18.4. The number of carbonyl (C=O) groups is 3. The van der Waals surface area contributed by atoms with E-state index in [0.29, 0.717) is 11.3 Å². The van der Waals surface area contributed by atoms with E-state index in [9.17, 15) is 22.8 Å². The van der Waals surface area contributed by atoms with Crippen LogP contribution < -0.4 is 15.4 Å². The van der Waals surface area contributed by atoms with Crippen LogP contribution in [-0.4, -0.2) is 63.2 Å².